The molecule has 138 valence electrons. The Morgan fingerprint density at radius 1 is 0.958 bits per heavy atom. The average molecular weight is 357 g/mol. The molecule has 0 fully saturated rings. The van der Waals surface area contributed by atoms with Gasteiger partial charge in [0.25, 0.3) is 0 Å². The highest BCUT2D eigenvalue weighted by Gasteiger charge is 2.24. The third-order valence-electron chi connectivity index (χ3n) is 4.04. The number of para-hydroxylation sites is 1. The molecule has 0 amide bonds. The smallest absolute Gasteiger partial charge is 0.336 e. The molecule has 0 N–H and O–H groups in total. The number of aryl methyl sites for hydroxylation is 1. The second-order valence-electron chi connectivity index (χ2n) is 6.08. The first-order chi connectivity index (χ1) is 11.5. The van der Waals surface area contributed by atoms with E-state index in [1.165, 1.54) is 45.4 Å². The van der Waals surface area contributed by atoms with Crippen molar-refractivity contribution in [3.8, 4) is 5.75 Å². The van der Waals surface area contributed by atoms with Crippen molar-refractivity contribution in [2.24, 2.45) is 0 Å². The summed E-state index contributed by atoms with van der Waals surface area (Å²) in [5.74, 6) is 0.426. The van der Waals surface area contributed by atoms with E-state index in [0.717, 1.165) is 18.4 Å². The minimum absolute atomic E-state index is 0.337. The molecule has 1 unspecified atom stereocenters. The molecule has 0 saturated carbocycles. The zero-order valence-electron chi connectivity index (χ0n) is 15.3. The van der Waals surface area contributed by atoms with Gasteiger partial charge in [0, 0.05) is 6.61 Å². The van der Waals surface area contributed by atoms with E-state index in [4.69, 9.17) is 8.92 Å². The Balaban J connectivity index is 2.53. The Bertz CT molecular complexity index is 554. The lowest BCUT2D eigenvalue weighted by Crippen LogP contribution is -2.26. The highest BCUT2D eigenvalue weighted by Crippen LogP contribution is 2.23. The van der Waals surface area contributed by atoms with Crippen LogP contribution in [0, 0.1) is 0 Å². The number of rotatable bonds is 13. The Morgan fingerprint density at radius 3 is 2.25 bits per heavy atom. The quantitative estimate of drug-likeness (QED) is 0.366. The van der Waals surface area contributed by atoms with Gasteiger partial charge in [-0.15, -0.1) is 0 Å². The third-order valence-corrected chi connectivity index (χ3v) is 5.40. The molecule has 1 rings (SSSR count). The molecule has 0 bridgehead atoms. The van der Waals surface area contributed by atoms with Crippen molar-refractivity contribution in [3.63, 3.8) is 0 Å². The maximum absolute atomic E-state index is 12.2. The molecule has 1 atom stereocenters. The lowest BCUT2D eigenvalue weighted by Gasteiger charge is -2.15. The fourth-order valence-corrected chi connectivity index (χ4v) is 3.43. The fraction of sp³-hybridized carbons (Fsp3) is 0.684. The zero-order chi connectivity index (χ0) is 17.8. The SMILES string of the molecule is CCCCCCCCCc1ccccc1OS(=O)(=O)C(C)OCC. The van der Waals surface area contributed by atoms with Crippen molar-refractivity contribution in [3.05, 3.63) is 29.8 Å². The van der Waals surface area contributed by atoms with Crippen molar-refractivity contribution in [1.29, 1.82) is 0 Å². The molecule has 0 radical (unpaired) electrons. The fourth-order valence-electron chi connectivity index (χ4n) is 2.58. The van der Waals surface area contributed by atoms with Gasteiger partial charge in [-0.1, -0.05) is 63.6 Å². The maximum Gasteiger partial charge on any atom is 0.336 e. The van der Waals surface area contributed by atoms with Crippen LogP contribution in [-0.2, 0) is 21.3 Å². The van der Waals surface area contributed by atoms with Crippen LogP contribution in [0.5, 0.6) is 5.75 Å². The molecule has 1 aromatic rings. The predicted octanol–water partition coefficient (Wildman–Crippen LogP) is 5.07. The first kappa shape index (κ1) is 21.0. The predicted molar refractivity (Wildman–Crippen MR) is 98.8 cm³/mol. The molecule has 0 aromatic heterocycles. The number of unbranched alkanes of at least 4 members (excludes halogenated alkanes) is 6. The van der Waals surface area contributed by atoms with E-state index >= 15 is 0 Å². The minimum atomic E-state index is -3.77. The third kappa shape index (κ3) is 7.67. The van der Waals surface area contributed by atoms with Gasteiger partial charge < -0.3 is 8.92 Å². The highest BCUT2D eigenvalue weighted by molar-refractivity contribution is 7.87. The molecule has 1 aromatic carbocycles. The second kappa shape index (κ2) is 11.5. The van der Waals surface area contributed by atoms with Crippen LogP contribution >= 0.6 is 0 Å². The van der Waals surface area contributed by atoms with E-state index in [1.807, 2.05) is 12.1 Å². The molecule has 0 spiro atoms. The summed E-state index contributed by atoms with van der Waals surface area (Å²) in [5.41, 5.74) is -0.0209. The number of benzene rings is 1. The van der Waals surface area contributed by atoms with E-state index < -0.39 is 15.6 Å². The van der Waals surface area contributed by atoms with Crippen LogP contribution in [0.2, 0.25) is 0 Å². The Labute approximate surface area is 147 Å². The average Bonchev–Trinajstić information content (AvgIpc) is 2.55. The van der Waals surface area contributed by atoms with Crippen molar-refractivity contribution >= 4 is 10.1 Å². The zero-order valence-corrected chi connectivity index (χ0v) is 16.1. The van der Waals surface area contributed by atoms with E-state index in [0.29, 0.717) is 12.4 Å². The molecular weight excluding hydrogens is 324 g/mol. The van der Waals surface area contributed by atoms with Gasteiger partial charge in [0.1, 0.15) is 5.75 Å². The molecular formula is C19H32O4S. The van der Waals surface area contributed by atoms with E-state index in [-0.39, 0.29) is 0 Å². The summed E-state index contributed by atoms with van der Waals surface area (Å²) in [5, 5.41) is 0. The van der Waals surface area contributed by atoms with E-state index in [9.17, 15) is 8.42 Å². The maximum atomic E-state index is 12.2. The molecule has 24 heavy (non-hydrogen) atoms. The number of hydrogen-bond acceptors (Lipinski definition) is 4. The summed E-state index contributed by atoms with van der Waals surface area (Å²) < 4.78 is 34.8. The molecule has 0 heterocycles. The first-order valence-electron chi connectivity index (χ1n) is 9.14. The normalized spacial score (nSPS) is 13.0. The van der Waals surface area contributed by atoms with Gasteiger partial charge in [0.2, 0.25) is 0 Å². The largest absolute Gasteiger partial charge is 0.380 e. The summed E-state index contributed by atoms with van der Waals surface area (Å²) in [6, 6.07) is 7.37. The topological polar surface area (TPSA) is 52.6 Å². The lowest BCUT2D eigenvalue weighted by atomic mass is 10.0. The van der Waals surface area contributed by atoms with E-state index in [2.05, 4.69) is 6.92 Å². The van der Waals surface area contributed by atoms with Crippen LogP contribution in [0.25, 0.3) is 0 Å². The molecule has 5 heteroatoms. The van der Waals surface area contributed by atoms with Gasteiger partial charge in [-0.05, 0) is 38.3 Å². The van der Waals surface area contributed by atoms with Crippen molar-refractivity contribution < 1.29 is 17.3 Å². The van der Waals surface area contributed by atoms with Crippen LogP contribution in [0.15, 0.2) is 24.3 Å². The van der Waals surface area contributed by atoms with Gasteiger partial charge in [-0.2, -0.15) is 8.42 Å². The Morgan fingerprint density at radius 2 is 1.58 bits per heavy atom. The Kier molecular flexibility index (Phi) is 10.0. The summed E-state index contributed by atoms with van der Waals surface area (Å²) >= 11 is 0. The molecule has 0 aliphatic heterocycles. The first-order valence-corrected chi connectivity index (χ1v) is 10.6. The van der Waals surface area contributed by atoms with Crippen LogP contribution < -0.4 is 4.18 Å². The van der Waals surface area contributed by atoms with Crippen molar-refractivity contribution in [2.45, 2.75) is 77.6 Å². The number of ether oxygens (including phenoxy) is 1. The highest BCUT2D eigenvalue weighted by atomic mass is 32.2. The molecule has 4 nitrogen and oxygen atoms in total. The Hall–Kier alpha value is -1.07. The summed E-state index contributed by atoms with van der Waals surface area (Å²) in [6.07, 6.45) is 9.46. The van der Waals surface area contributed by atoms with Crippen LogP contribution in [-0.4, -0.2) is 20.5 Å². The van der Waals surface area contributed by atoms with Crippen molar-refractivity contribution in [2.75, 3.05) is 6.61 Å². The van der Waals surface area contributed by atoms with Gasteiger partial charge in [-0.25, -0.2) is 0 Å². The van der Waals surface area contributed by atoms with Crippen LogP contribution in [0.3, 0.4) is 0 Å². The summed E-state index contributed by atoms with van der Waals surface area (Å²) in [6.45, 7) is 5.82. The van der Waals surface area contributed by atoms with E-state index in [1.54, 1.807) is 19.1 Å². The molecule has 0 aliphatic rings. The standard InChI is InChI=1S/C19H32O4S/c1-4-6-7-8-9-10-11-14-18-15-12-13-16-19(18)23-24(20,21)17(3)22-5-2/h12-13,15-17H,4-11,14H2,1-3H3. The monoisotopic (exact) mass is 356 g/mol. The molecule has 0 saturated heterocycles. The van der Waals surface area contributed by atoms with Gasteiger partial charge in [0.15, 0.2) is 5.44 Å². The summed E-state index contributed by atoms with van der Waals surface area (Å²) in [7, 11) is -3.77. The van der Waals surface area contributed by atoms with Crippen LogP contribution in [0.4, 0.5) is 0 Å². The minimum Gasteiger partial charge on any atom is -0.380 e. The van der Waals surface area contributed by atoms with Gasteiger partial charge >= 0.3 is 10.1 Å². The second-order valence-corrected chi connectivity index (χ2v) is 7.89. The van der Waals surface area contributed by atoms with Crippen LogP contribution in [0.1, 0.15) is 71.3 Å². The van der Waals surface area contributed by atoms with Gasteiger partial charge in [-0.3, -0.25) is 0 Å². The van der Waals surface area contributed by atoms with Crippen molar-refractivity contribution in [1.82, 2.24) is 0 Å². The molecule has 0 aliphatic carbocycles. The number of hydrogen-bond donors (Lipinski definition) is 0. The lowest BCUT2D eigenvalue weighted by molar-refractivity contribution is 0.123. The van der Waals surface area contributed by atoms with Gasteiger partial charge in [0.05, 0.1) is 0 Å². The summed E-state index contributed by atoms with van der Waals surface area (Å²) in [4.78, 5) is 0.